The number of nitrogens with two attached hydrogens (primary N) is 1. The second-order valence-corrected chi connectivity index (χ2v) is 3.42. The highest BCUT2D eigenvalue weighted by Crippen LogP contribution is 2.38. The van der Waals surface area contributed by atoms with Crippen molar-refractivity contribution < 1.29 is 9.47 Å². The summed E-state index contributed by atoms with van der Waals surface area (Å²) in [6, 6.07) is 3.47. The molecule has 14 heavy (non-hydrogen) atoms. The lowest BCUT2D eigenvalue weighted by Crippen LogP contribution is -2.05. The molecule has 0 bridgehead atoms. The van der Waals surface area contributed by atoms with Crippen molar-refractivity contribution in [1.82, 2.24) is 0 Å². The molecule has 2 N–H and O–H groups in total. The minimum absolute atomic E-state index is 0. The summed E-state index contributed by atoms with van der Waals surface area (Å²) in [6.45, 7) is 2.14. The third kappa shape index (κ3) is 1.90. The van der Waals surface area contributed by atoms with Crippen molar-refractivity contribution >= 4 is 24.0 Å². The molecule has 0 amide bonds. The van der Waals surface area contributed by atoms with E-state index in [4.69, 9.17) is 26.8 Å². The molecule has 3 nitrogen and oxygen atoms in total. The van der Waals surface area contributed by atoms with Gasteiger partial charge in [0.1, 0.15) is 0 Å². The van der Waals surface area contributed by atoms with E-state index in [1.54, 1.807) is 6.07 Å². The zero-order valence-corrected chi connectivity index (χ0v) is 9.19. The third-order valence-corrected chi connectivity index (χ3v) is 2.31. The Balaban J connectivity index is 0.000000980. The molecule has 78 valence electrons. The minimum atomic E-state index is -0.0954. The molecule has 1 aliphatic heterocycles. The monoisotopic (exact) mass is 235 g/mol. The molecule has 1 aliphatic rings. The summed E-state index contributed by atoms with van der Waals surface area (Å²) < 4.78 is 10.4. The smallest absolute Gasteiger partial charge is 0.231 e. The van der Waals surface area contributed by atoms with E-state index in [-0.39, 0.29) is 25.2 Å². The van der Waals surface area contributed by atoms with Gasteiger partial charge < -0.3 is 15.2 Å². The van der Waals surface area contributed by atoms with Crippen LogP contribution in [0, 0.1) is 0 Å². The van der Waals surface area contributed by atoms with Gasteiger partial charge in [0.15, 0.2) is 11.5 Å². The van der Waals surface area contributed by atoms with E-state index in [1.165, 1.54) is 0 Å². The average molecular weight is 236 g/mol. The first-order chi connectivity index (χ1) is 6.18. The summed E-state index contributed by atoms with van der Waals surface area (Å²) in [7, 11) is 0. The molecule has 0 spiro atoms. The topological polar surface area (TPSA) is 44.5 Å². The molecule has 5 heteroatoms. The van der Waals surface area contributed by atoms with E-state index >= 15 is 0 Å². The van der Waals surface area contributed by atoms with E-state index in [9.17, 15) is 0 Å². The van der Waals surface area contributed by atoms with Crippen LogP contribution in [-0.2, 0) is 0 Å². The summed E-state index contributed by atoms with van der Waals surface area (Å²) in [5.74, 6) is 1.41. The van der Waals surface area contributed by atoms with Crippen LogP contribution in [0.3, 0.4) is 0 Å². The SMILES string of the molecule is C[C@H](N)c1cc2c(cc1Cl)OCO2.Cl. The van der Waals surface area contributed by atoms with E-state index in [0.29, 0.717) is 10.8 Å². The highest BCUT2D eigenvalue weighted by Gasteiger charge is 2.17. The van der Waals surface area contributed by atoms with Crippen LogP contribution in [0.5, 0.6) is 11.5 Å². The Morgan fingerprint density at radius 3 is 2.50 bits per heavy atom. The molecule has 1 atom stereocenters. The molecule has 0 saturated heterocycles. The number of halogens is 2. The van der Waals surface area contributed by atoms with Gasteiger partial charge in [-0.1, -0.05) is 11.6 Å². The van der Waals surface area contributed by atoms with E-state index in [1.807, 2.05) is 13.0 Å². The first-order valence-corrected chi connectivity index (χ1v) is 4.41. The zero-order chi connectivity index (χ0) is 9.42. The molecule has 0 aliphatic carbocycles. The summed E-state index contributed by atoms with van der Waals surface area (Å²) in [4.78, 5) is 0. The lowest BCUT2D eigenvalue weighted by molar-refractivity contribution is 0.174. The van der Waals surface area contributed by atoms with Gasteiger partial charge in [-0.15, -0.1) is 12.4 Å². The van der Waals surface area contributed by atoms with Crippen LogP contribution in [0.1, 0.15) is 18.5 Å². The van der Waals surface area contributed by atoms with Crippen LogP contribution < -0.4 is 15.2 Å². The molecule has 0 unspecified atom stereocenters. The van der Waals surface area contributed by atoms with Crippen molar-refractivity contribution in [3.8, 4) is 11.5 Å². The normalized spacial score (nSPS) is 14.8. The summed E-state index contributed by atoms with van der Waals surface area (Å²) in [5.41, 5.74) is 6.61. The van der Waals surface area contributed by atoms with Gasteiger partial charge in [0.25, 0.3) is 0 Å². The summed E-state index contributed by atoms with van der Waals surface area (Å²) in [6.07, 6.45) is 0. The van der Waals surface area contributed by atoms with Gasteiger partial charge in [0, 0.05) is 17.1 Å². The predicted molar refractivity (Wildman–Crippen MR) is 57.4 cm³/mol. The fourth-order valence-electron chi connectivity index (χ4n) is 1.28. The van der Waals surface area contributed by atoms with Gasteiger partial charge in [0.2, 0.25) is 6.79 Å². The van der Waals surface area contributed by atoms with Crippen LogP contribution in [0.25, 0.3) is 0 Å². The van der Waals surface area contributed by atoms with Crippen molar-refractivity contribution in [3.63, 3.8) is 0 Å². The first kappa shape index (κ1) is 11.4. The zero-order valence-electron chi connectivity index (χ0n) is 7.62. The number of ether oxygens (including phenoxy) is 2. The van der Waals surface area contributed by atoms with Crippen LogP contribution in [0.15, 0.2) is 12.1 Å². The molecular weight excluding hydrogens is 225 g/mol. The Morgan fingerprint density at radius 1 is 1.36 bits per heavy atom. The molecule has 1 aromatic carbocycles. The van der Waals surface area contributed by atoms with E-state index in [0.717, 1.165) is 11.3 Å². The van der Waals surface area contributed by atoms with Crippen LogP contribution in [0.4, 0.5) is 0 Å². The summed E-state index contributed by atoms with van der Waals surface area (Å²) in [5, 5.41) is 0.624. The van der Waals surface area contributed by atoms with E-state index in [2.05, 4.69) is 0 Å². The van der Waals surface area contributed by atoms with Gasteiger partial charge >= 0.3 is 0 Å². The number of rotatable bonds is 1. The Labute approximate surface area is 93.5 Å². The predicted octanol–water partition coefficient (Wildman–Crippen LogP) is 2.51. The lowest BCUT2D eigenvalue weighted by Gasteiger charge is -2.08. The Kier molecular flexibility index (Phi) is 3.48. The second-order valence-electron chi connectivity index (χ2n) is 3.02. The molecular formula is C9H11Cl2NO2. The van der Waals surface area contributed by atoms with Crippen molar-refractivity contribution in [2.45, 2.75) is 13.0 Å². The molecule has 0 aromatic heterocycles. The van der Waals surface area contributed by atoms with Gasteiger partial charge in [-0.3, -0.25) is 0 Å². The van der Waals surface area contributed by atoms with Crippen molar-refractivity contribution in [2.24, 2.45) is 5.73 Å². The van der Waals surface area contributed by atoms with Crippen LogP contribution in [-0.4, -0.2) is 6.79 Å². The summed E-state index contributed by atoms with van der Waals surface area (Å²) >= 11 is 5.99. The number of hydrogen-bond donors (Lipinski definition) is 1. The highest BCUT2D eigenvalue weighted by molar-refractivity contribution is 6.31. The Morgan fingerprint density at radius 2 is 1.93 bits per heavy atom. The van der Waals surface area contributed by atoms with E-state index < -0.39 is 0 Å². The molecule has 0 fully saturated rings. The van der Waals surface area contributed by atoms with Crippen molar-refractivity contribution in [2.75, 3.05) is 6.79 Å². The van der Waals surface area contributed by atoms with Crippen LogP contribution in [0.2, 0.25) is 5.02 Å². The number of benzene rings is 1. The highest BCUT2D eigenvalue weighted by atomic mass is 35.5. The maximum absolute atomic E-state index is 5.99. The molecule has 1 aromatic rings. The maximum atomic E-state index is 5.99. The van der Waals surface area contributed by atoms with Gasteiger partial charge in [-0.05, 0) is 18.6 Å². The third-order valence-electron chi connectivity index (χ3n) is 1.98. The molecule has 0 saturated carbocycles. The fraction of sp³-hybridized carbons (Fsp3) is 0.333. The quantitative estimate of drug-likeness (QED) is 0.814. The van der Waals surface area contributed by atoms with Gasteiger partial charge in [0.05, 0.1) is 0 Å². The van der Waals surface area contributed by atoms with Crippen LogP contribution >= 0.6 is 24.0 Å². The first-order valence-electron chi connectivity index (χ1n) is 4.03. The molecule has 2 rings (SSSR count). The second kappa shape index (κ2) is 4.26. The Bertz CT molecular complexity index is 342. The lowest BCUT2D eigenvalue weighted by atomic mass is 10.1. The standard InChI is InChI=1S/C9H10ClNO2.ClH/c1-5(11)6-2-8-9(3-7(6)10)13-4-12-8;/h2-3,5H,4,11H2,1H3;1H/t5-;/m0./s1. The fourth-order valence-corrected chi connectivity index (χ4v) is 1.61. The Hall–Kier alpha value is -0.640. The van der Waals surface area contributed by atoms with Gasteiger partial charge in [-0.2, -0.15) is 0 Å². The molecule has 0 radical (unpaired) electrons. The average Bonchev–Trinajstić information content (AvgIpc) is 2.48. The maximum Gasteiger partial charge on any atom is 0.231 e. The minimum Gasteiger partial charge on any atom is -0.454 e. The number of fused-ring (bicyclic) bond motifs is 1. The van der Waals surface area contributed by atoms with Crippen molar-refractivity contribution in [1.29, 1.82) is 0 Å². The van der Waals surface area contributed by atoms with Crippen molar-refractivity contribution in [3.05, 3.63) is 22.7 Å². The largest absolute Gasteiger partial charge is 0.454 e. The van der Waals surface area contributed by atoms with Gasteiger partial charge in [-0.25, -0.2) is 0 Å². The molecule has 1 heterocycles. The number of hydrogen-bond acceptors (Lipinski definition) is 3.